The van der Waals surface area contributed by atoms with Crippen LogP contribution >= 0.6 is 0 Å². The van der Waals surface area contributed by atoms with Gasteiger partial charge in [0.1, 0.15) is 0 Å². The predicted molar refractivity (Wildman–Crippen MR) is 70.2 cm³/mol. The van der Waals surface area contributed by atoms with E-state index >= 15 is 0 Å². The van der Waals surface area contributed by atoms with Crippen LogP contribution in [-0.4, -0.2) is 27.0 Å². The van der Waals surface area contributed by atoms with Crippen molar-refractivity contribution in [3.63, 3.8) is 0 Å². The van der Waals surface area contributed by atoms with Crippen molar-refractivity contribution >= 4 is 0 Å². The Morgan fingerprint density at radius 2 is 2.11 bits per heavy atom. The second-order valence-corrected chi connectivity index (χ2v) is 5.91. The van der Waals surface area contributed by atoms with Crippen molar-refractivity contribution in [2.75, 3.05) is 6.54 Å². The minimum Gasteiger partial charge on any atom is -0.389 e. The van der Waals surface area contributed by atoms with E-state index in [1.165, 1.54) is 25.7 Å². The smallest absolute Gasteiger partial charge is 0.0771 e. The Morgan fingerprint density at radius 3 is 2.78 bits per heavy atom. The molecule has 0 spiro atoms. The maximum Gasteiger partial charge on any atom is 0.0771 e. The predicted octanol–water partition coefficient (Wildman–Crippen LogP) is 2.00. The number of nitrogens with one attached hydrogen (secondary N) is 1. The van der Waals surface area contributed by atoms with Crippen LogP contribution in [0.25, 0.3) is 0 Å². The van der Waals surface area contributed by atoms with E-state index in [0.717, 1.165) is 31.5 Å². The molecule has 0 radical (unpaired) electrons. The summed E-state index contributed by atoms with van der Waals surface area (Å²) in [5.74, 6) is 0. The quantitative estimate of drug-likeness (QED) is 0.839. The first-order valence-electron chi connectivity index (χ1n) is 7.22. The molecule has 100 valence electrons. The molecule has 0 saturated heterocycles. The van der Waals surface area contributed by atoms with Gasteiger partial charge in [-0.25, -0.2) is 0 Å². The highest BCUT2D eigenvalue weighted by molar-refractivity contribution is 5.00. The lowest BCUT2D eigenvalue weighted by Crippen LogP contribution is -2.46. The lowest BCUT2D eigenvalue weighted by atomic mass is 9.80. The third kappa shape index (κ3) is 2.59. The SMILES string of the molecule is OC1(CNCc2ccn(C3CCCC3)n2)CCC1. The molecule has 1 aromatic rings. The van der Waals surface area contributed by atoms with Crippen molar-refractivity contribution in [3.8, 4) is 0 Å². The van der Waals surface area contributed by atoms with Crippen LogP contribution in [0.15, 0.2) is 12.3 Å². The zero-order chi connectivity index (χ0) is 12.4. The Morgan fingerprint density at radius 1 is 1.33 bits per heavy atom. The van der Waals surface area contributed by atoms with Crippen LogP contribution < -0.4 is 5.32 Å². The molecular formula is C14H23N3O. The second-order valence-electron chi connectivity index (χ2n) is 5.91. The number of rotatable bonds is 5. The van der Waals surface area contributed by atoms with Gasteiger partial charge in [0.2, 0.25) is 0 Å². The Bertz CT molecular complexity index is 391. The van der Waals surface area contributed by atoms with E-state index in [9.17, 15) is 5.11 Å². The topological polar surface area (TPSA) is 50.1 Å². The highest BCUT2D eigenvalue weighted by Gasteiger charge is 2.33. The van der Waals surface area contributed by atoms with Crippen LogP contribution in [0.5, 0.6) is 0 Å². The van der Waals surface area contributed by atoms with Crippen molar-refractivity contribution in [2.45, 2.75) is 63.1 Å². The fourth-order valence-corrected chi connectivity index (χ4v) is 3.03. The van der Waals surface area contributed by atoms with E-state index in [4.69, 9.17) is 0 Å². The zero-order valence-electron chi connectivity index (χ0n) is 10.9. The van der Waals surface area contributed by atoms with Crippen LogP contribution in [-0.2, 0) is 6.54 Å². The molecular weight excluding hydrogens is 226 g/mol. The van der Waals surface area contributed by atoms with Crippen LogP contribution in [0.2, 0.25) is 0 Å². The Hall–Kier alpha value is -0.870. The van der Waals surface area contributed by atoms with Crippen LogP contribution in [0.1, 0.15) is 56.7 Å². The zero-order valence-corrected chi connectivity index (χ0v) is 10.9. The van der Waals surface area contributed by atoms with E-state index < -0.39 is 5.60 Å². The summed E-state index contributed by atoms with van der Waals surface area (Å²) in [6, 6.07) is 2.71. The molecule has 2 aliphatic rings. The van der Waals surface area contributed by atoms with Crippen molar-refractivity contribution in [3.05, 3.63) is 18.0 Å². The summed E-state index contributed by atoms with van der Waals surface area (Å²) < 4.78 is 2.13. The van der Waals surface area contributed by atoms with E-state index in [1.54, 1.807) is 0 Å². The molecule has 4 heteroatoms. The van der Waals surface area contributed by atoms with Crippen molar-refractivity contribution in [1.82, 2.24) is 15.1 Å². The van der Waals surface area contributed by atoms with Crippen LogP contribution in [0.4, 0.5) is 0 Å². The first-order valence-corrected chi connectivity index (χ1v) is 7.22. The largest absolute Gasteiger partial charge is 0.389 e. The molecule has 2 N–H and O–H groups in total. The summed E-state index contributed by atoms with van der Waals surface area (Å²) in [4.78, 5) is 0. The van der Waals surface area contributed by atoms with Gasteiger partial charge in [-0.2, -0.15) is 5.10 Å². The van der Waals surface area contributed by atoms with Gasteiger partial charge >= 0.3 is 0 Å². The van der Waals surface area contributed by atoms with Gasteiger partial charge in [-0.1, -0.05) is 12.8 Å². The number of aliphatic hydroxyl groups is 1. The maximum absolute atomic E-state index is 9.98. The monoisotopic (exact) mass is 249 g/mol. The highest BCUT2D eigenvalue weighted by Crippen LogP contribution is 2.31. The van der Waals surface area contributed by atoms with Crippen molar-refractivity contribution < 1.29 is 5.11 Å². The Kier molecular flexibility index (Phi) is 3.39. The number of nitrogens with zero attached hydrogens (tertiary/aromatic N) is 2. The van der Waals surface area contributed by atoms with Gasteiger partial charge in [0.15, 0.2) is 0 Å². The van der Waals surface area contributed by atoms with Crippen molar-refractivity contribution in [2.24, 2.45) is 0 Å². The lowest BCUT2D eigenvalue weighted by Gasteiger charge is -2.36. The molecule has 0 bridgehead atoms. The summed E-state index contributed by atoms with van der Waals surface area (Å²) in [5, 5.41) is 17.9. The van der Waals surface area contributed by atoms with E-state index in [0.29, 0.717) is 12.6 Å². The summed E-state index contributed by atoms with van der Waals surface area (Å²) in [6.45, 7) is 1.46. The molecule has 2 aliphatic carbocycles. The van der Waals surface area contributed by atoms with E-state index in [2.05, 4.69) is 27.4 Å². The molecule has 3 rings (SSSR count). The summed E-state index contributed by atoms with van der Waals surface area (Å²) in [5.41, 5.74) is 0.651. The van der Waals surface area contributed by atoms with Gasteiger partial charge in [0, 0.05) is 19.3 Å². The first-order chi connectivity index (χ1) is 8.75. The third-order valence-corrected chi connectivity index (χ3v) is 4.41. The maximum atomic E-state index is 9.98. The Balaban J connectivity index is 1.47. The minimum atomic E-state index is -0.436. The van der Waals surface area contributed by atoms with Crippen LogP contribution in [0.3, 0.4) is 0 Å². The minimum absolute atomic E-state index is 0.436. The van der Waals surface area contributed by atoms with E-state index in [-0.39, 0.29) is 0 Å². The van der Waals surface area contributed by atoms with E-state index in [1.807, 2.05) is 0 Å². The molecule has 1 aromatic heterocycles. The summed E-state index contributed by atoms with van der Waals surface area (Å²) in [7, 11) is 0. The number of aromatic nitrogens is 2. The summed E-state index contributed by atoms with van der Waals surface area (Å²) >= 11 is 0. The van der Waals surface area contributed by atoms with Gasteiger partial charge in [-0.05, 0) is 38.2 Å². The molecule has 4 nitrogen and oxygen atoms in total. The van der Waals surface area contributed by atoms with Gasteiger partial charge in [-0.3, -0.25) is 4.68 Å². The van der Waals surface area contributed by atoms with Gasteiger partial charge < -0.3 is 10.4 Å². The van der Waals surface area contributed by atoms with Crippen LogP contribution in [0, 0.1) is 0 Å². The molecule has 0 unspecified atom stereocenters. The standard InChI is InChI=1S/C14H23N3O/c18-14(7-3-8-14)11-15-10-12-6-9-17(16-12)13-4-1-2-5-13/h6,9,13,15,18H,1-5,7-8,10-11H2. The fourth-order valence-electron chi connectivity index (χ4n) is 3.03. The average molecular weight is 249 g/mol. The summed E-state index contributed by atoms with van der Waals surface area (Å²) in [6.07, 6.45) is 10.4. The van der Waals surface area contributed by atoms with Gasteiger partial charge in [0.05, 0.1) is 17.3 Å². The third-order valence-electron chi connectivity index (χ3n) is 4.41. The van der Waals surface area contributed by atoms with Gasteiger partial charge in [-0.15, -0.1) is 0 Å². The second kappa shape index (κ2) is 5.02. The Labute approximate surface area is 108 Å². The molecule has 0 atom stereocenters. The lowest BCUT2D eigenvalue weighted by molar-refractivity contribution is -0.0315. The number of hydrogen-bond acceptors (Lipinski definition) is 3. The molecule has 2 fully saturated rings. The molecule has 0 amide bonds. The normalized spacial score (nSPS) is 23.2. The molecule has 2 saturated carbocycles. The molecule has 18 heavy (non-hydrogen) atoms. The molecule has 0 aromatic carbocycles. The first kappa shape index (κ1) is 12.2. The fraction of sp³-hybridized carbons (Fsp3) is 0.786. The molecule has 1 heterocycles. The molecule has 0 aliphatic heterocycles. The van der Waals surface area contributed by atoms with Gasteiger partial charge in [0.25, 0.3) is 0 Å². The average Bonchev–Trinajstić information content (AvgIpc) is 2.96. The number of hydrogen-bond donors (Lipinski definition) is 2. The van der Waals surface area contributed by atoms with Crippen molar-refractivity contribution in [1.29, 1.82) is 0 Å². The highest BCUT2D eigenvalue weighted by atomic mass is 16.3.